The van der Waals surface area contributed by atoms with Gasteiger partial charge in [0, 0.05) is 31.5 Å². The minimum absolute atomic E-state index is 0.518. The Balaban J connectivity index is 1.56. The van der Waals surface area contributed by atoms with Gasteiger partial charge in [-0.05, 0) is 68.8 Å². The van der Waals surface area contributed by atoms with E-state index in [9.17, 15) is 0 Å². The topological polar surface area (TPSA) is 42.3 Å². The average Bonchev–Trinajstić information content (AvgIpc) is 3.17. The van der Waals surface area contributed by atoms with Crippen LogP contribution in [0.4, 0.5) is 0 Å². The molecule has 1 spiro atoms. The molecule has 1 aliphatic carbocycles. The zero-order chi connectivity index (χ0) is 18.9. The fourth-order valence-corrected chi connectivity index (χ4v) is 4.74. The summed E-state index contributed by atoms with van der Waals surface area (Å²) in [5.74, 6) is 2.16. The number of piperidine rings is 1. The van der Waals surface area contributed by atoms with Crippen LogP contribution >= 0.6 is 0 Å². The van der Waals surface area contributed by atoms with Gasteiger partial charge in [0.25, 0.3) is 0 Å². The van der Waals surface area contributed by atoms with Crippen LogP contribution in [0, 0.1) is 12.3 Å². The first-order chi connectivity index (χ1) is 13.1. The summed E-state index contributed by atoms with van der Waals surface area (Å²) in [5, 5.41) is 3.52. The van der Waals surface area contributed by atoms with Crippen molar-refractivity contribution in [2.75, 3.05) is 20.2 Å². The van der Waals surface area contributed by atoms with Crippen LogP contribution in [-0.2, 0) is 19.6 Å². The molecule has 2 aromatic rings. The van der Waals surface area contributed by atoms with E-state index in [0.29, 0.717) is 11.5 Å². The van der Waals surface area contributed by atoms with Gasteiger partial charge in [-0.1, -0.05) is 12.1 Å². The van der Waals surface area contributed by atoms with Crippen molar-refractivity contribution in [3.05, 3.63) is 47.5 Å². The van der Waals surface area contributed by atoms with Crippen LogP contribution < -0.4 is 10.1 Å². The predicted molar refractivity (Wildman–Crippen MR) is 108 cm³/mol. The first-order valence-corrected chi connectivity index (χ1v) is 10.2. The van der Waals surface area contributed by atoms with Crippen molar-refractivity contribution in [3.63, 3.8) is 0 Å². The molecule has 1 N–H and O–H groups in total. The summed E-state index contributed by atoms with van der Waals surface area (Å²) in [5.41, 5.74) is 3.03. The fraction of sp³-hybridized carbons (Fsp3) is 0.591. The van der Waals surface area contributed by atoms with E-state index in [4.69, 9.17) is 4.74 Å². The molecule has 2 aliphatic rings. The number of aryl methyl sites for hydroxylation is 2. The fourth-order valence-electron chi connectivity index (χ4n) is 4.74. The molecule has 1 atom stereocenters. The molecular weight excluding hydrogens is 336 g/mol. The van der Waals surface area contributed by atoms with Gasteiger partial charge in [-0.2, -0.15) is 0 Å². The third-order valence-electron chi connectivity index (χ3n) is 6.53. The summed E-state index contributed by atoms with van der Waals surface area (Å²) in [6.07, 6.45) is 7.94. The normalized spacial score (nSPS) is 21.0. The third-order valence-corrected chi connectivity index (χ3v) is 6.53. The Labute approximate surface area is 162 Å². The Morgan fingerprint density at radius 3 is 2.85 bits per heavy atom. The maximum Gasteiger partial charge on any atom is 0.122 e. The second-order valence-electron chi connectivity index (χ2n) is 8.17. The Morgan fingerprint density at radius 2 is 2.11 bits per heavy atom. The lowest BCUT2D eigenvalue weighted by molar-refractivity contribution is 0.182. The van der Waals surface area contributed by atoms with Crippen LogP contribution in [0.5, 0.6) is 5.75 Å². The van der Waals surface area contributed by atoms with E-state index in [2.05, 4.69) is 58.0 Å². The van der Waals surface area contributed by atoms with Crippen LogP contribution in [0.2, 0.25) is 0 Å². The first-order valence-electron chi connectivity index (χ1n) is 10.2. The van der Waals surface area contributed by atoms with Crippen LogP contribution in [-0.4, -0.2) is 40.7 Å². The minimum atomic E-state index is 0.518. The van der Waals surface area contributed by atoms with E-state index in [0.717, 1.165) is 38.5 Å². The highest BCUT2D eigenvalue weighted by Gasteiger charge is 2.56. The Kier molecular flexibility index (Phi) is 5.24. The van der Waals surface area contributed by atoms with E-state index >= 15 is 0 Å². The van der Waals surface area contributed by atoms with E-state index < -0.39 is 0 Å². The van der Waals surface area contributed by atoms with Crippen LogP contribution in [0.1, 0.15) is 43.1 Å². The van der Waals surface area contributed by atoms with Gasteiger partial charge in [0.15, 0.2) is 0 Å². The van der Waals surface area contributed by atoms with Crippen molar-refractivity contribution in [1.82, 2.24) is 19.8 Å². The van der Waals surface area contributed by atoms with Gasteiger partial charge in [0.1, 0.15) is 11.6 Å². The Morgan fingerprint density at radius 1 is 1.30 bits per heavy atom. The molecule has 1 aromatic carbocycles. The molecule has 0 bridgehead atoms. The van der Waals surface area contributed by atoms with Crippen LogP contribution in [0.25, 0.3) is 0 Å². The SMILES string of the molecule is CCn1ccnc1CN(Cc1ccc(C)c(OC)c1)C1CC12CCNCC2. The highest BCUT2D eigenvalue weighted by molar-refractivity contribution is 5.36. The van der Waals surface area contributed by atoms with Gasteiger partial charge in [0.05, 0.1) is 13.7 Å². The molecule has 4 rings (SSSR count). The van der Waals surface area contributed by atoms with Gasteiger partial charge in [0.2, 0.25) is 0 Å². The number of nitrogens with zero attached hydrogens (tertiary/aromatic N) is 3. The number of hydrogen-bond donors (Lipinski definition) is 1. The summed E-state index contributed by atoms with van der Waals surface area (Å²) in [7, 11) is 1.76. The smallest absolute Gasteiger partial charge is 0.122 e. The molecular formula is C22H32N4O. The molecule has 1 unspecified atom stereocenters. The van der Waals surface area contributed by atoms with Crippen molar-refractivity contribution >= 4 is 0 Å². The average molecular weight is 369 g/mol. The first kappa shape index (κ1) is 18.5. The lowest BCUT2D eigenvalue weighted by Crippen LogP contribution is -2.36. The minimum Gasteiger partial charge on any atom is -0.496 e. The lowest BCUT2D eigenvalue weighted by atomic mass is 9.93. The quantitative estimate of drug-likeness (QED) is 0.814. The molecule has 1 saturated carbocycles. The lowest BCUT2D eigenvalue weighted by Gasteiger charge is -2.29. The summed E-state index contributed by atoms with van der Waals surface area (Å²) >= 11 is 0. The van der Waals surface area contributed by atoms with Crippen LogP contribution in [0.3, 0.4) is 0 Å². The van der Waals surface area contributed by atoms with Crippen molar-refractivity contribution in [2.45, 2.75) is 58.8 Å². The number of rotatable bonds is 7. The molecule has 2 fully saturated rings. The summed E-state index contributed by atoms with van der Waals surface area (Å²) < 4.78 is 7.82. The Hall–Kier alpha value is -1.85. The molecule has 27 heavy (non-hydrogen) atoms. The maximum absolute atomic E-state index is 5.55. The van der Waals surface area contributed by atoms with Crippen LogP contribution in [0.15, 0.2) is 30.6 Å². The number of imidazole rings is 1. The van der Waals surface area contributed by atoms with Crippen molar-refractivity contribution in [2.24, 2.45) is 5.41 Å². The van der Waals surface area contributed by atoms with Gasteiger partial charge < -0.3 is 14.6 Å². The number of aromatic nitrogens is 2. The number of benzene rings is 1. The number of nitrogens with one attached hydrogen (secondary N) is 1. The van der Waals surface area contributed by atoms with E-state index in [-0.39, 0.29) is 0 Å². The van der Waals surface area contributed by atoms with E-state index in [1.807, 2.05) is 6.20 Å². The zero-order valence-corrected chi connectivity index (χ0v) is 16.9. The third kappa shape index (κ3) is 3.76. The summed E-state index contributed by atoms with van der Waals surface area (Å²) in [4.78, 5) is 7.30. The monoisotopic (exact) mass is 368 g/mol. The predicted octanol–water partition coefficient (Wildman–Crippen LogP) is 3.36. The molecule has 2 heterocycles. The molecule has 0 radical (unpaired) electrons. The molecule has 0 amide bonds. The highest BCUT2D eigenvalue weighted by atomic mass is 16.5. The molecule has 1 saturated heterocycles. The van der Waals surface area contributed by atoms with Gasteiger partial charge in [-0.15, -0.1) is 0 Å². The highest BCUT2D eigenvalue weighted by Crippen LogP contribution is 2.56. The molecule has 1 aliphatic heterocycles. The summed E-state index contributed by atoms with van der Waals surface area (Å²) in [6.45, 7) is 9.44. The largest absolute Gasteiger partial charge is 0.496 e. The van der Waals surface area contributed by atoms with Gasteiger partial charge >= 0.3 is 0 Å². The van der Waals surface area contributed by atoms with E-state index in [1.54, 1.807) is 7.11 Å². The summed E-state index contributed by atoms with van der Waals surface area (Å²) in [6, 6.07) is 7.28. The molecule has 146 valence electrons. The number of hydrogen-bond acceptors (Lipinski definition) is 4. The van der Waals surface area contributed by atoms with Crippen molar-refractivity contribution in [3.8, 4) is 5.75 Å². The second-order valence-corrected chi connectivity index (χ2v) is 8.17. The number of methoxy groups -OCH3 is 1. The molecule has 5 nitrogen and oxygen atoms in total. The van der Waals surface area contributed by atoms with E-state index in [1.165, 1.54) is 36.2 Å². The number of ether oxygens (including phenoxy) is 1. The van der Waals surface area contributed by atoms with Gasteiger partial charge in [-0.3, -0.25) is 4.90 Å². The maximum atomic E-state index is 5.55. The zero-order valence-electron chi connectivity index (χ0n) is 16.9. The van der Waals surface area contributed by atoms with Gasteiger partial charge in [-0.25, -0.2) is 4.98 Å². The standard InChI is InChI=1S/C22H32N4O/c1-4-25-12-11-24-21(25)16-26(20-14-22(20)7-9-23-10-8-22)15-18-6-5-17(2)19(13-18)27-3/h5-6,11-13,20,23H,4,7-10,14-16H2,1-3H3. The van der Waals surface area contributed by atoms with Crippen molar-refractivity contribution < 1.29 is 4.74 Å². The van der Waals surface area contributed by atoms with Crippen molar-refractivity contribution in [1.29, 1.82) is 0 Å². The molecule has 1 aromatic heterocycles. The Bertz CT molecular complexity index is 778. The second kappa shape index (κ2) is 7.64. The molecule has 5 heteroatoms.